The van der Waals surface area contributed by atoms with Gasteiger partial charge in [-0.3, -0.25) is 4.99 Å². The minimum absolute atomic E-state index is 0.584. The fourth-order valence-electron chi connectivity index (χ4n) is 2.81. The van der Waals surface area contributed by atoms with E-state index in [9.17, 15) is 0 Å². The van der Waals surface area contributed by atoms with Gasteiger partial charge in [0, 0.05) is 36.6 Å². The summed E-state index contributed by atoms with van der Waals surface area (Å²) >= 11 is 1.81. The molecule has 1 aliphatic rings. The highest BCUT2D eigenvalue weighted by Crippen LogP contribution is 2.23. The summed E-state index contributed by atoms with van der Waals surface area (Å²) in [6, 6.07) is 0.584. The van der Waals surface area contributed by atoms with Gasteiger partial charge in [-0.05, 0) is 44.9 Å². The summed E-state index contributed by atoms with van der Waals surface area (Å²) in [6.07, 6.45) is 9.19. The van der Waals surface area contributed by atoms with Crippen molar-refractivity contribution in [3.05, 3.63) is 16.1 Å². The van der Waals surface area contributed by atoms with E-state index in [2.05, 4.69) is 36.4 Å². The van der Waals surface area contributed by atoms with Crippen LogP contribution >= 0.6 is 11.3 Å². The molecule has 0 aromatic carbocycles. The number of nitrogens with one attached hydrogen (secondary N) is 2. The Labute approximate surface area is 138 Å². The van der Waals surface area contributed by atoms with Gasteiger partial charge in [-0.2, -0.15) is 0 Å². The van der Waals surface area contributed by atoms with Crippen LogP contribution in [0.25, 0.3) is 0 Å². The summed E-state index contributed by atoms with van der Waals surface area (Å²) in [5.41, 5.74) is 0. The van der Waals surface area contributed by atoms with Crippen LogP contribution in [0.1, 0.15) is 56.3 Å². The number of aryl methyl sites for hydroxylation is 1. The zero-order valence-corrected chi connectivity index (χ0v) is 15.0. The fraction of sp³-hybridized carbons (Fsp3) is 0.765. The first-order valence-electron chi connectivity index (χ1n) is 8.69. The van der Waals surface area contributed by atoms with E-state index >= 15 is 0 Å². The summed E-state index contributed by atoms with van der Waals surface area (Å²) in [5, 5.41) is 8.16. The van der Waals surface area contributed by atoms with Crippen LogP contribution in [-0.4, -0.2) is 30.1 Å². The highest BCUT2D eigenvalue weighted by atomic mass is 32.1. The predicted octanol–water partition coefficient (Wildman–Crippen LogP) is 3.38. The third-order valence-electron chi connectivity index (χ3n) is 4.25. The van der Waals surface area contributed by atoms with Crippen molar-refractivity contribution in [1.29, 1.82) is 0 Å². The number of hydrogen-bond donors (Lipinski definition) is 2. The summed E-state index contributed by atoms with van der Waals surface area (Å²) in [4.78, 5) is 10.5. The molecule has 1 aromatic heterocycles. The fourth-order valence-corrected chi connectivity index (χ4v) is 3.66. The smallest absolute Gasteiger partial charge is 0.191 e. The molecule has 1 aromatic rings. The second-order valence-electron chi connectivity index (χ2n) is 6.19. The van der Waals surface area contributed by atoms with E-state index in [1.165, 1.54) is 35.6 Å². The van der Waals surface area contributed by atoms with Gasteiger partial charge in [0.15, 0.2) is 5.96 Å². The average molecular weight is 323 g/mol. The summed E-state index contributed by atoms with van der Waals surface area (Å²) in [6.45, 7) is 8.36. The van der Waals surface area contributed by atoms with Crippen molar-refractivity contribution in [2.24, 2.45) is 10.9 Å². The molecule has 124 valence electrons. The number of thiazole rings is 1. The Morgan fingerprint density at radius 1 is 1.32 bits per heavy atom. The lowest BCUT2D eigenvalue weighted by atomic mass is 9.87. The molecule has 0 radical (unpaired) electrons. The molecular formula is C17H30N4S. The Bertz CT molecular complexity index is 461. The van der Waals surface area contributed by atoms with Crippen molar-refractivity contribution >= 4 is 17.3 Å². The number of guanidine groups is 1. The Balaban J connectivity index is 1.81. The Kier molecular flexibility index (Phi) is 7.16. The van der Waals surface area contributed by atoms with Crippen LogP contribution in [0.3, 0.4) is 0 Å². The zero-order chi connectivity index (χ0) is 15.8. The van der Waals surface area contributed by atoms with Crippen LogP contribution in [-0.2, 0) is 12.8 Å². The van der Waals surface area contributed by atoms with Gasteiger partial charge in [0.05, 0.1) is 5.01 Å². The number of aliphatic imine (C=N–C) groups is 1. The van der Waals surface area contributed by atoms with Gasteiger partial charge in [-0.1, -0.05) is 13.8 Å². The average Bonchev–Trinajstić information content (AvgIpc) is 2.98. The van der Waals surface area contributed by atoms with Crippen molar-refractivity contribution in [2.45, 2.75) is 65.3 Å². The molecule has 0 spiro atoms. The normalized spacial score (nSPS) is 22.6. The maximum Gasteiger partial charge on any atom is 0.191 e. The van der Waals surface area contributed by atoms with Crippen molar-refractivity contribution in [1.82, 2.24) is 15.6 Å². The molecule has 1 saturated carbocycles. The van der Waals surface area contributed by atoms with E-state index in [1.807, 2.05) is 17.5 Å². The number of aromatic nitrogens is 1. The van der Waals surface area contributed by atoms with E-state index in [1.54, 1.807) is 0 Å². The molecular weight excluding hydrogens is 292 g/mol. The molecule has 0 amide bonds. The van der Waals surface area contributed by atoms with Gasteiger partial charge in [-0.15, -0.1) is 11.3 Å². The summed E-state index contributed by atoms with van der Waals surface area (Å²) < 4.78 is 0. The topological polar surface area (TPSA) is 49.3 Å². The summed E-state index contributed by atoms with van der Waals surface area (Å²) in [5.74, 6) is 1.85. The minimum Gasteiger partial charge on any atom is -0.357 e. The predicted molar refractivity (Wildman–Crippen MR) is 95.7 cm³/mol. The Morgan fingerprint density at radius 2 is 2.09 bits per heavy atom. The lowest BCUT2D eigenvalue weighted by Gasteiger charge is -2.28. The van der Waals surface area contributed by atoms with Crippen LogP contribution in [0.15, 0.2) is 11.2 Å². The molecule has 0 saturated heterocycles. The molecule has 1 heterocycles. The van der Waals surface area contributed by atoms with Crippen LogP contribution < -0.4 is 10.6 Å². The van der Waals surface area contributed by atoms with E-state index in [0.717, 1.165) is 37.8 Å². The standard InChI is InChI=1S/C17H30N4S/c1-4-15-12-20-16(22-15)10-11-19-17(18-5-2)21-14-8-6-13(3)7-9-14/h12-14H,4-11H2,1-3H3,(H2,18,19,21). The highest BCUT2D eigenvalue weighted by Gasteiger charge is 2.18. The van der Waals surface area contributed by atoms with Crippen molar-refractivity contribution < 1.29 is 0 Å². The maximum absolute atomic E-state index is 4.72. The first-order valence-corrected chi connectivity index (χ1v) is 9.51. The van der Waals surface area contributed by atoms with E-state index in [4.69, 9.17) is 4.99 Å². The van der Waals surface area contributed by atoms with Gasteiger partial charge in [-0.25, -0.2) is 4.98 Å². The van der Waals surface area contributed by atoms with Crippen molar-refractivity contribution in [3.8, 4) is 0 Å². The number of nitrogens with zero attached hydrogens (tertiary/aromatic N) is 2. The molecule has 2 rings (SSSR count). The van der Waals surface area contributed by atoms with E-state index in [-0.39, 0.29) is 0 Å². The Morgan fingerprint density at radius 3 is 2.73 bits per heavy atom. The molecule has 0 aliphatic heterocycles. The molecule has 5 heteroatoms. The minimum atomic E-state index is 0.584. The third-order valence-corrected chi connectivity index (χ3v) is 5.45. The van der Waals surface area contributed by atoms with E-state index in [0.29, 0.717) is 6.04 Å². The Hall–Kier alpha value is -1.10. The van der Waals surface area contributed by atoms with Gasteiger partial charge in [0.2, 0.25) is 0 Å². The molecule has 2 N–H and O–H groups in total. The largest absolute Gasteiger partial charge is 0.357 e. The maximum atomic E-state index is 4.72. The van der Waals surface area contributed by atoms with Crippen LogP contribution in [0.5, 0.6) is 0 Å². The molecule has 0 atom stereocenters. The number of hydrogen-bond acceptors (Lipinski definition) is 3. The first kappa shape index (κ1) is 17.3. The molecule has 0 bridgehead atoms. The lowest BCUT2D eigenvalue weighted by molar-refractivity contribution is 0.329. The van der Waals surface area contributed by atoms with Crippen LogP contribution in [0.4, 0.5) is 0 Å². The highest BCUT2D eigenvalue weighted by molar-refractivity contribution is 7.11. The van der Waals surface area contributed by atoms with Gasteiger partial charge < -0.3 is 10.6 Å². The monoisotopic (exact) mass is 322 g/mol. The van der Waals surface area contributed by atoms with Gasteiger partial charge in [0.25, 0.3) is 0 Å². The second-order valence-corrected chi connectivity index (χ2v) is 7.39. The zero-order valence-electron chi connectivity index (χ0n) is 14.2. The molecule has 22 heavy (non-hydrogen) atoms. The van der Waals surface area contributed by atoms with Crippen molar-refractivity contribution in [3.63, 3.8) is 0 Å². The van der Waals surface area contributed by atoms with Crippen LogP contribution in [0, 0.1) is 5.92 Å². The molecule has 1 fully saturated rings. The van der Waals surface area contributed by atoms with Gasteiger partial charge >= 0.3 is 0 Å². The van der Waals surface area contributed by atoms with E-state index < -0.39 is 0 Å². The second kappa shape index (κ2) is 9.13. The SMILES string of the molecule is CCNC(=NCCc1ncc(CC)s1)NC1CCC(C)CC1. The number of rotatable bonds is 6. The third kappa shape index (κ3) is 5.59. The first-order chi connectivity index (χ1) is 10.7. The van der Waals surface area contributed by atoms with Crippen molar-refractivity contribution in [2.75, 3.05) is 13.1 Å². The lowest BCUT2D eigenvalue weighted by Crippen LogP contribution is -2.44. The molecule has 4 nitrogen and oxygen atoms in total. The molecule has 1 aliphatic carbocycles. The summed E-state index contributed by atoms with van der Waals surface area (Å²) in [7, 11) is 0. The van der Waals surface area contributed by atoms with Gasteiger partial charge in [0.1, 0.15) is 0 Å². The van der Waals surface area contributed by atoms with Crippen LogP contribution in [0.2, 0.25) is 0 Å². The molecule has 0 unspecified atom stereocenters. The quantitative estimate of drug-likeness (QED) is 0.623.